The van der Waals surface area contributed by atoms with E-state index < -0.39 is 5.97 Å². The Bertz CT molecular complexity index is 718. The molecule has 0 N–H and O–H groups in total. The van der Waals surface area contributed by atoms with E-state index >= 15 is 0 Å². The summed E-state index contributed by atoms with van der Waals surface area (Å²) in [6.07, 6.45) is 3.07. The Morgan fingerprint density at radius 1 is 1.36 bits per heavy atom. The molecule has 22 heavy (non-hydrogen) atoms. The molecule has 4 nitrogen and oxygen atoms in total. The number of benzene rings is 1. The lowest BCUT2D eigenvalue weighted by Crippen LogP contribution is -2.01. The van der Waals surface area contributed by atoms with Crippen molar-refractivity contribution in [3.05, 3.63) is 65.0 Å². The molecule has 0 aliphatic heterocycles. The van der Waals surface area contributed by atoms with Crippen LogP contribution in [0.5, 0.6) is 0 Å². The van der Waals surface area contributed by atoms with E-state index in [1.54, 1.807) is 6.08 Å². The Labute approximate surface area is 134 Å². The van der Waals surface area contributed by atoms with Crippen LogP contribution >= 0.6 is 11.6 Å². The molecule has 1 aromatic carbocycles. The lowest BCUT2D eigenvalue weighted by atomic mass is 10.2. The molecule has 0 spiro atoms. The lowest BCUT2D eigenvalue weighted by molar-refractivity contribution is -0.136. The first kappa shape index (κ1) is 16.0. The molecule has 0 atom stereocenters. The number of aromatic nitrogens is 2. The van der Waals surface area contributed by atoms with Gasteiger partial charge in [-0.1, -0.05) is 36.4 Å². The third-order valence-electron chi connectivity index (χ3n) is 3.11. The number of para-hydroxylation sites is 1. The van der Waals surface area contributed by atoms with Gasteiger partial charge >= 0.3 is 5.97 Å². The highest BCUT2D eigenvalue weighted by atomic mass is 35.5. The van der Waals surface area contributed by atoms with Gasteiger partial charge in [-0.05, 0) is 32.1 Å². The minimum atomic E-state index is -0.465. The van der Waals surface area contributed by atoms with Gasteiger partial charge in [-0.15, -0.1) is 0 Å². The molecule has 0 saturated carbocycles. The van der Waals surface area contributed by atoms with Crippen LogP contribution in [0.15, 0.2) is 48.0 Å². The molecule has 0 aliphatic rings. The van der Waals surface area contributed by atoms with Crippen molar-refractivity contribution < 1.29 is 9.53 Å². The van der Waals surface area contributed by atoms with Gasteiger partial charge in [0.15, 0.2) is 0 Å². The number of ether oxygens (including phenoxy) is 1. The average molecular weight is 317 g/mol. The molecule has 0 amide bonds. The van der Waals surface area contributed by atoms with E-state index in [9.17, 15) is 4.79 Å². The Hall–Kier alpha value is -2.33. The lowest BCUT2D eigenvalue weighted by Gasteiger charge is -2.03. The summed E-state index contributed by atoms with van der Waals surface area (Å²) in [6, 6.07) is 9.83. The standard InChI is InChI=1S/C17H17ClN2O2/c1-12(18)11-22-17(21)10-9-16-13(2)19-20(14(16)3)15-7-5-4-6-8-15/h4-10H,1,11H2,2-3H3/b10-9-. The quantitative estimate of drug-likeness (QED) is 0.622. The summed E-state index contributed by atoms with van der Waals surface area (Å²) in [5.41, 5.74) is 3.66. The number of carbonyl (C=O) groups is 1. The summed E-state index contributed by atoms with van der Waals surface area (Å²) in [5, 5.41) is 4.79. The molecular weight excluding hydrogens is 300 g/mol. The maximum absolute atomic E-state index is 11.6. The third kappa shape index (κ3) is 3.86. The van der Waals surface area contributed by atoms with Crippen molar-refractivity contribution in [3.8, 4) is 5.69 Å². The van der Waals surface area contributed by atoms with Gasteiger partial charge in [-0.2, -0.15) is 5.10 Å². The zero-order chi connectivity index (χ0) is 16.1. The highest BCUT2D eigenvalue weighted by Crippen LogP contribution is 2.19. The van der Waals surface area contributed by atoms with Crippen LogP contribution in [0.25, 0.3) is 11.8 Å². The van der Waals surface area contributed by atoms with Gasteiger partial charge in [0.05, 0.1) is 11.4 Å². The minimum Gasteiger partial charge on any atom is -0.457 e. The zero-order valence-electron chi connectivity index (χ0n) is 12.5. The monoisotopic (exact) mass is 316 g/mol. The van der Waals surface area contributed by atoms with E-state index in [0.717, 1.165) is 22.6 Å². The van der Waals surface area contributed by atoms with Crippen molar-refractivity contribution >= 4 is 23.6 Å². The Balaban J connectivity index is 2.21. The second kappa shape index (κ2) is 7.09. The number of hydrogen-bond acceptors (Lipinski definition) is 3. The van der Waals surface area contributed by atoms with Gasteiger partial charge < -0.3 is 4.74 Å². The fourth-order valence-electron chi connectivity index (χ4n) is 2.07. The molecule has 1 aromatic heterocycles. The molecule has 114 valence electrons. The Morgan fingerprint density at radius 2 is 2.05 bits per heavy atom. The van der Waals surface area contributed by atoms with Crippen molar-refractivity contribution in [1.82, 2.24) is 9.78 Å². The van der Waals surface area contributed by atoms with E-state index in [4.69, 9.17) is 16.3 Å². The highest BCUT2D eigenvalue weighted by molar-refractivity contribution is 6.29. The van der Waals surface area contributed by atoms with E-state index in [1.807, 2.05) is 48.9 Å². The van der Waals surface area contributed by atoms with Crippen molar-refractivity contribution in [3.63, 3.8) is 0 Å². The van der Waals surface area contributed by atoms with E-state index in [0.29, 0.717) is 0 Å². The number of rotatable bonds is 5. The van der Waals surface area contributed by atoms with Crippen LogP contribution in [0.3, 0.4) is 0 Å². The number of aryl methyl sites for hydroxylation is 1. The van der Waals surface area contributed by atoms with Crippen LogP contribution in [0.2, 0.25) is 0 Å². The molecule has 0 aliphatic carbocycles. The molecule has 0 fully saturated rings. The third-order valence-corrected chi connectivity index (χ3v) is 3.21. The summed E-state index contributed by atoms with van der Waals surface area (Å²) in [4.78, 5) is 11.6. The van der Waals surface area contributed by atoms with Crippen molar-refractivity contribution in [2.45, 2.75) is 13.8 Å². The summed E-state index contributed by atoms with van der Waals surface area (Å²) in [7, 11) is 0. The fourth-order valence-corrected chi connectivity index (χ4v) is 2.12. The molecule has 0 bridgehead atoms. The SMILES string of the molecule is C=C(Cl)COC(=O)/C=C\c1c(C)nn(-c2ccccc2)c1C. The van der Waals surface area contributed by atoms with E-state index in [1.165, 1.54) is 6.08 Å². The van der Waals surface area contributed by atoms with Gasteiger partial charge in [0, 0.05) is 22.4 Å². The molecule has 1 heterocycles. The number of hydrogen-bond donors (Lipinski definition) is 0. The zero-order valence-corrected chi connectivity index (χ0v) is 13.3. The second-order valence-corrected chi connectivity index (χ2v) is 5.32. The number of nitrogens with zero attached hydrogens (tertiary/aromatic N) is 2. The summed E-state index contributed by atoms with van der Waals surface area (Å²) in [6.45, 7) is 7.33. The van der Waals surface area contributed by atoms with Crippen LogP contribution < -0.4 is 0 Å². The largest absolute Gasteiger partial charge is 0.457 e. The number of halogens is 1. The first-order valence-corrected chi connectivity index (χ1v) is 7.16. The predicted octanol–water partition coefficient (Wildman–Crippen LogP) is 3.80. The van der Waals surface area contributed by atoms with Crippen molar-refractivity contribution in [1.29, 1.82) is 0 Å². The Kier molecular flexibility index (Phi) is 5.17. The molecule has 2 aromatic rings. The van der Waals surface area contributed by atoms with Crippen LogP contribution in [0.1, 0.15) is 17.0 Å². The first-order valence-electron chi connectivity index (χ1n) is 6.79. The minimum absolute atomic E-state index is 0.00592. The summed E-state index contributed by atoms with van der Waals surface area (Å²) >= 11 is 5.55. The van der Waals surface area contributed by atoms with Crippen LogP contribution in [0.4, 0.5) is 0 Å². The second-order valence-electron chi connectivity index (χ2n) is 4.79. The molecule has 0 unspecified atom stereocenters. The maximum Gasteiger partial charge on any atom is 0.331 e. The molecule has 0 saturated heterocycles. The fraction of sp³-hybridized carbons (Fsp3) is 0.176. The molecule has 5 heteroatoms. The number of carbonyl (C=O) groups excluding carboxylic acids is 1. The highest BCUT2D eigenvalue weighted by Gasteiger charge is 2.10. The smallest absolute Gasteiger partial charge is 0.331 e. The van der Waals surface area contributed by atoms with Gasteiger partial charge in [0.25, 0.3) is 0 Å². The van der Waals surface area contributed by atoms with Gasteiger partial charge in [-0.3, -0.25) is 0 Å². The number of esters is 1. The van der Waals surface area contributed by atoms with Gasteiger partial charge in [0.2, 0.25) is 0 Å². The van der Waals surface area contributed by atoms with Crippen LogP contribution in [0, 0.1) is 13.8 Å². The summed E-state index contributed by atoms with van der Waals surface area (Å²) < 4.78 is 6.76. The topological polar surface area (TPSA) is 44.1 Å². The van der Waals surface area contributed by atoms with Crippen molar-refractivity contribution in [2.24, 2.45) is 0 Å². The first-order chi connectivity index (χ1) is 10.5. The van der Waals surface area contributed by atoms with Crippen molar-refractivity contribution in [2.75, 3.05) is 6.61 Å². The molecular formula is C17H17ClN2O2. The Morgan fingerprint density at radius 3 is 2.68 bits per heavy atom. The van der Waals surface area contributed by atoms with Gasteiger partial charge in [-0.25, -0.2) is 9.48 Å². The van der Waals surface area contributed by atoms with Crippen LogP contribution in [-0.4, -0.2) is 22.4 Å². The molecule has 0 radical (unpaired) electrons. The predicted molar refractivity (Wildman–Crippen MR) is 88.0 cm³/mol. The average Bonchev–Trinajstić information content (AvgIpc) is 2.79. The van der Waals surface area contributed by atoms with Crippen LogP contribution in [-0.2, 0) is 9.53 Å². The van der Waals surface area contributed by atoms with E-state index in [-0.39, 0.29) is 11.6 Å². The summed E-state index contributed by atoms with van der Waals surface area (Å²) in [5.74, 6) is -0.465. The molecule has 2 rings (SSSR count). The maximum atomic E-state index is 11.6. The van der Waals surface area contributed by atoms with Gasteiger partial charge in [0.1, 0.15) is 6.61 Å². The van der Waals surface area contributed by atoms with E-state index in [2.05, 4.69) is 11.7 Å². The normalized spacial score (nSPS) is 10.9.